The maximum atomic E-state index is 13.7. The monoisotopic (exact) mass is 485 g/mol. The standard InChI is InChI=1S/C24H19F4N5O2/c1-12-2-3-17(31-20(34)13-6-15(24(26,27)28)8-16(25)7-13)9-18(12)33-11-14-10-30-22(29)32-19(14)23(4-5-23)21(33)35/h2-3,6-10H,4-5,11H2,1H3,(H,31,34)(H2,29,30,32). The van der Waals surface area contributed by atoms with Gasteiger partial charge in [0.1, 0.15) is 5.82 Å². The van der Waals surface area contributed by atoms with Crippen molar-refractivity contribution in [3.05, 3.63) is 76.4 Å². The van der Waals surface area contributed by atoms with Crippen LogP contribution in [-0.2, 0) is 22.9 Å². The number of carbonyl (C=O) groups is 2. The lowest BCUT2D eigenvalue weighted by Crippen LogP contribution is -2.45. The molecule has 2 amide bonds. The second-order valence-corrected chi connectivity index (χ2v) is 8.76. The lowest BCUT2D eigenvalue weighted by molar-refractivity contribution is -0.137. The Balaban J connectivity index is 1.46. The highest BCUT2D eigenvalue weighted by atomic mass is 19.4. The van der Waals surface area contributed by atoms with Crippen LogP contribution in [0, 0.1) is 12.7 Å². The van der Waals surface area contributed by atoms with Gasteiger partial charge >= 0.3 is 6.18 Å². The largest absolute Gasteiger partial charge is 0.416 e. The number of hydrogen-bond acceptors (Lipinski definition) is 5. The summed E-state index contributed by atoms with van der Waals surface area (Å²) in [6.45, 7) is 2.00. The number of nitrogens with one attached hydrogen (secondary N) is 1. The molecule has 11 heteroatoms. The fourth-order valence-electron chi connectivity index (χ4n) is 4.39. The van der Waals surface area contributed by atoms with Crippen LogP contribution in [0.3, 0.4) is 0 Å². The summed E-state index contributed by atoms with van der Waals surface area (Å²) in [6.07, 6.45) is -1.95. The number of fused-ring (bicyclic) bond motifs is 2. The maximum absolute atomic E-state index is 13.7. The van der Waals surface area contributed by atoms with Crippen molar-refractivity contribution in [1.29, 1.82) is 0 Å². The molecule has 1 aliphatic carbocycles. The average Bonchev–Trinajstić information content (AvgIpc) is 3.59. The van der Waals surface area contributed by atoms with E-state index >= 15 is 0 Å². The van der Waals surface area contributed by atoms with Gasteiger partial charge in [-0.15, -0.1) is 0 Å². The zero-order valence-corrected chi connectivity index (χ0v) is 18.4. The van der Waals surface area contributed by atoms with Gasteiger partial charge < -0.3 is 16.0 Å². The van der Waals surface area contributed by atoms with Crippen LogP contribution in [0.1, 0.15) is 45.6 Å². The molecule has 1 aliphatic heterocycles. The summed E-state index contributed by atoms with van der Waals surface area (Å²) >= 11 is 0. The van der Waals surface area contributed by atoms with Crippen molar-refractivity contribution >= 4 is 29.1 Å². The molecule has 35 heavy (non-hydrogen) atoms. The lowest BCUT2D eigenvalue weighted by Gasteiger charge is -2.34. The molecule has 2 aliphatic rings. The Morgan fingerprint density at radius 2 is 1.91 bits per heavy atom. The number of rotatable bonds is 3. The summed E-state index contributed by atoms with van der Waals surface area (Å²) in [6, 6.07) is 6.44. The van der Waals surface area contributed by atoms with Crippen molar-refractivity contribution in [3.63, 3.8) is 0 Å². The highest BCUT2D eigenvalue weighted by Gasteiger charge is 2.58. The second kappa shape index (κ2) is 7.76. The van der Waals surface area contributed by atoms with Gasteiger partial charge in [-0.25, -0.2) is 14.4 Å². The lowest BCUT2D eigenvalue weighted by atomic mass is 9.91. The van der Waals surface area contributed by atoms with E-state index in [1.54, 1.807) is 36.2 Å². The number of alkyl halides is 3. The van der Waals surface area contributed by atoms with E-state index in [0.717, 1.165) is 17.2 Å². The second-order valence-electron chi connectivity index (χ2n) is 8.76. The topological polar surface area (TPSA) is 101 Å². The van der Waals surface area contributed by atoms with Crippen molar-refractivity contribution in [2.24, 2.45) is 0 Å². The number of nitrogens with zero attached hydrogens (tertiary/aromatic N) is 3. The van der Waals surface area contributed by atoms with Gasteiger partial charge in [0.05, 0.1) is 23.2 Å². The molecule has 3 aromatic rings. The van der Waals surface area contributed by atoms with Crippen LogP contribution in [0.25, 0.3) is 0 Å². The van der Waals surface area contributed by atoms with E-state index in [1.807, 2.05) is 0 Å². The molecule has 0 atom stereocenters. The number of halogens is 4. The van der Waals surface area contributed by atoms with Crippen molar-refractivity contribution in [2.45, 2.75) is 37.9 Å². The fraction of sp³-hybridized carbons (Fsp3) is 0.250. The number of nitrogens with two attached hydrogens (primary N) is 1. The van der Waals surface area contributed by atoms with Gasteiger partial charge in [-0.1, -0.05) is 6.07 Å². The molecule has 1 fully saturated rings. The highest BCUT2D eigenvalue weighted by molar-refractivity contribution is 6.07. The smallest absolute Gasteiger partial charge is 0.368 e. The molecule has 0 bridgehead atoms. The van der Waals surface area contributed by atoms with Crippen LogP contribution in [0.2, 0.25) is 0 Å². The Morgan fingerprint density at radius 3 is 2.60 bits per heavy atom. The predicted octanol–water partition coefficient (Wildman–Crippen LogP) is 4.36. The van der Waals surface area contributed by atoms with E-state index in [0.29, 0.717) is 36.4 Å². The van der Waals surface area contributed by atoms with Crippen molar-refractivity contribution < 1.29 is 27.2 Å². The minimum Gasteiger partial charge on any atom is -0.368 e. The van der Waals surface area contributed by atoms with Crippen LogP contribution in [0.4, 0.5) is 34.9 Å². The Morgan fingerprint density at radius 1 is 1.17 bits per heavy atom. The van der Waals surface area contributed by atoms with E-state index in [2.05, 4.69) is 15.3 Å². The minimum atomic E-state index is -4.80. The summed E-state index contributed by atoms with van der Waals surface area (Å²) in [5.74, 6) is -2.13. The summed E-state index contributed by atoms with van der Waals surface area (Å²) in [7, 11) is 0. The molecular formula is C24H19F4N5O2. The summed E-state index contributed by atoms with van der Waals surface area (Å²) < 4.78 is 52.8. The van der Waals surface area contributed by atoms with Gasteiger partial charge in [0.2, 0.25) is 11.9 Å². The fourth-order valence-corrected chi connectivity index (χ4v) is 4.39. The van der Waals surface area contributed by atoms with Gasteiger partial charge in [0.25, 0.3) is 5.91 Å². The first-order valence-electron chi connectivity index (χ1n) is 10.7. The molecule has 0 saturated heterocycles. The van der Waals surface area contributed by atoms with Gasteiger partial charge in [-0.2, -0.15) is 13.2 Å². The number of aromatic nitrogens is 2. The minimum absolute atomic E-state index is 0.100. The number of aryl methyl sites for hydroxylation is 1. The Labute approximate surface area is 197 Å². The Bertz CT molecular complexity index is 1380. The van der Waals surface area contributed by atoms with E-state index in [1.165, 1.54) is 0 Å². The number of anilines is 3. The van der Waals surface area contributed by atoms with Gasteiger partial charge in [-0.3, -0.25) is 9.59 Å². The van der Waals surface area contributed by atoms with E-state index in [9.17, 15) is 27.2 Å². The Hall–Kier alpha value is -4.02. The first-order chi connectivity index (χ1) is 16.5. The quantitative estimate of drug-likeness (QED) is 0.537. The van der Waals surface area contributed by atoms with E-state index < -0.39 is 34.4 Å². The van der Waals surface area contributed by atoms with Gasteiger partial charge in [0, 0.05) is 28.7 Å². The molecule has 180 valence electrons. The number of amides is 2. The molecule has 2 heterocycles. The number of hydrogen-bond donors (Lipinski definition) is 2. The molecule has 2 aromatic carbocycles. The normalized spacial score (nSPS) is 16.3. The zero-order chi connectivity index (χ0) is 25.1. The van der Waals surface area contributed by atoms with Crippen molar-refractivity contribution in [1.82, 2.24) is 9.97 Å². The first-order valence-corrected chi connectivity index (χ1v) is 10.7. The highest BCUT2D eigenvalue weighted by Crippen LogP contribution is 2.53. The molecular weight excluding hydrogens is 466 g/mol. The zero-order valence-electron chi connectivity index (χ0n) is 18.4. The summed E-state index contributed by atoms with van der Waals surface area (Å²) in [5.41, 5.74) is 6.15. The molecule has 7 nitrogen and oxygen atoms in total. The molecule has 5 rings (SSSR count). The van der Waals surface area contributed by atoms with Crippen LogP contribution in [0.15, 0.2) is 42.6 Å². The van der Waals surface area contributed by atoms with Crippen LogP contribution in [-0.4, -0.2) is 21.8 Å². The van der Waals surface area contributed by atoms with Gasteiger partial charge in [0.15, 0.2) is 0 Å². The molecule has 0 unspecified atom stereocenters. The third-order valence-corrected chi connectivity index (χ3v) is 6.31. The Kier molecular flexibility index (Phi) is 5.04. The van der Waals surface area contributed by atoms with Crippen LogP contribution < -0.4 is 16.0 Å². The number of carbonyl (C=O) groups excluding carboxylic acids is 2. The predicted molar refractivity (Wildman–Crippen MR) is 119 cm³/mol. The molecule has 0 radical (unpaired) electrons. The average molecular weight is 485 g/mol. The van der Waals surface area contributed by atoms with Crippen LogP contribution in [0.5, 0.6) is 0 Å². The number of nitrogen functional groups attached to an aromatic ring is 1. The van der Waals surface area contributed by atoms with E-state index in [-0.39, 0.29) is 24.1 Å². The third-order valence-electron chi connectivity index (χ3n) is 6.31. The molecule has 1 aromatic heterocycles. The van der Waals surface area contributed by atoms with Crippen molar-refractivity contribution in [2.75, 3.05) is 16.0 Å². The first kappa shape index (κ1) is 22.8. The SMILES string of the molecule is Cc1ccc(NC(=O)c2cc(F)cc(C(F)(F)F)c2)cc1N1Cc2cnc(N)nc2C2(CC2)C1=O. The molecule has 1 saturated carbocycles. The summed E-state index contributed by atoms with van der Waals surface area (Å²) in [4.78, 5) is 36.0. The van der Waals surface area contributed by atoms with Crippen molar-refractivity contribution in [3.8, 4) is 0 Å². The van der Waals surface area contributed by atoms with Crippen LogP contribution >= 0.6 is 0 Å². The maximum Gasteiger partial charge on any atom is 0.416 e. The number of benzene rings is 2. The summed E-state index contributed by atoms with van der Waals surface area (Å²) in [5, 5.41) is 2.50. The molecule has 1 spiro atoms. The molecule has 3 N–H and O–H groups in total. The van der Waals surface area contributed by atoms with Gasteiger partial charge in [-0.05, 0) is 55.7 Å². The third kappa shape index (κ3) is 3.96. The van der Waals surface area contributed by atoms with E-state index in [4.69, 9.17) is 5.73 Å².